The van der Waals surface area contributed by atoms with Gasteiger partial charge in [-0.3, -0.25) is 14.6 Å². The number of likely N-dealkylation sites (tertiary alicyclic amines) is 1. The summed E-state index contributed by atoms with van der Waals surface area (Å²) < 4.78 is 0.847. The van der Waals surface area contributed by atoms with Crippen molar-refractivity contribution in [3.8, 4) is 0 Å². The van der Waals surface area contributed by atoms with E-state index in [1.165, 1.54) is 4.90 Å². The van der Waals surface area contributed by atoms with Gasteiger partial charge in [0.2, 0.25) is 0 Å². The number of hydrogen-bond acceptors (Lipinski definition) is 4. The minimum atomic E-state index is -0.764. The molecule has 1 amide bonds. The average molecular weight is 502 g/mol. The van der Waals surface area contributed by atoms with Crippen molar-refractivity contribution in [1.29, 1.82) is 0 Å². The Morgan fingerprint density at radius 1 is 1.03 bits per heavy atom. The Morgan fingerprint density at radius 3 is 2.55 bits per heavy atom. The van der Waals surface area contributed by atoms with E-state index < -0.39 is 17.7 Å². The SMILES string of the molecule is O=C1C(=O)N(CCc2c[nH]c3ccccc23)[C@H](c2ccccn2)C1=C(O)c1ccc(Br)cc1. The Hall–Kier alpha value is -3.71. The van der Waals surface area contributed by atoms with Gasteiger partial charge in [-0.05, 0) is 42.3 Å². The van der Waals surface area contributed by atoms with Crippen molar-refractivity contribution >= 4 is 44.3 Å². The molecular weight excluding hydrogens is 482 g/mol. The second kappa shape index (κ2) is 8.67. The number of halogens is 1. The first-order valence-corrected chi connectivity index (χ1v) is 11.3. The van der Waals surface area contributed by atoms with Crippen LogP contribution in [-0.4, -0.2) is 38.2 Å². The number of rotatable bonds is 5. The number of aromatic amines is 1. The molecular formula is C26H20BrN3O3. The number of aromatic nitrogens is 2. The third-order valence-corrected chi connectivity index (χ3v) is 6.45. The fraction of sp³-hybridized carbons (Fsp3) is 0.115. The van der Waals surface area contributed by atoms with Crippen LogP contribution in [0.1, 0.15) is 22.9 Å². The molecule has 0 unspecified atom stereocenters. The third-order valence-electron chi connectivity index (χ3n) is 5.92. The normalized spacial score (nSPS) is 17.7. The number of benzene rings is 2. The van der Waals surface area contributed by atoms with Crippen LogP contribution in [0.2, 0.25) is 0 Å². The first kappa shape index (κ1) is 21.2. The van der Waals surface area contributed by atoms with Crippen LogP contribution in [0.3, 0.4) is 0 Å². The van der Waals surface area contributed by atoms with E-state index in [9.17, 15) is 14.7 Å². The molecule has 3 heterocycles. The van der Waals surface area contributed by atoms with E-state index in [4.69, 9.17) is 0 Å². The monoisotopic (exact) mass is 501 g/mol. The minimum absolute atomic E-state index is 0.0555. The van der Waals surface area contributed by atoms with Crippen molar-refractivity contribution in [1.82, 2.24) is 14.9 Å². The molecule has 1 aliphatic heterocycles. The summed E-state index contributed by atoms with van der Waals surface area (Å²) in [7, 11) is 0. The van der Waals surface area contributed by atoms with E-state index in [0.717, 1.165) is 20.9 Å². The molecule has 1 fully saturated rings. The van der Waals surface area contributed by atoms with Crippen molar-refractivity contribution in [2.45, 2.75) is 12.5 Å². The highest BCUT2D eigenvalue weighted by atomic mass is 79.9. The number of hydrogen-bond donors (Lipinski definition) is 2. The van der Waals surface area contributed by atoms with Gasteiger partial charge in [0, 0.05) is 39.9 Å². The molecule has 0 spiro atoms. The van der Waals surface area contributed by atoms with Gasteiger partial charge in [-0.25, -0.2) is 0 Å². The maximum Gasteiger partial charge on any atom is 0.295 e. The first-order valence-electron chi connectivity index (χ1n) is 10.5. The molecule has 0 saturated carbocycles. The van der Waals surface area contributed by atoms with Crippen LogP contribution < -0.4 is 0 Å². The number of pyridine rings is 1. The lowest BCUT2D eigenvalue weighted by atomic mass is 9.98. The zero-order chi connectivity index (χ0) is 22.9. The number of para-hydroxylation sites is 1. The smallest absolute Gasteiger partial charge is 0.295 e. The van der Waals surface area contributed by atoms with Gasteiger partial charge in [0.15, 0.2) is 0 Å². The maximum absolute atomic E-state index is 13.1. The molecule has 1 aliphatic rings. The summed E-state index contributed by atoms with van der Waals surface area (Å²) in [6.45, 7) is 0.310. The van der Waals surface area contributed by atoms with Gasteiger partial charge >= 0.3 is 0 Å². The summed E-state index contributed by atoms with van der Waals surface area (Å²) in [5.74, 6) is -1.54. The molecule has 4 aromatic rings. The van der Waals surface area contributed by atoms with Crippen LogP contribution >= 0.6 is 15.9 Å². The zero-order valence-electron chi connectivity index (χ0n) is 17.5. The van der Waals surface area contributed by atoms with Crippen LogP contribution in [0, 0.1) is 0 Å². The Balaban J connectivity index is 1.55. The second-order valence-electron chi connectivity index (χ2n) is 7.86. The highest BCUT2D eigenvalue weighted by Gasteiger charge is 2.46. The Bertz CT molecular complexity index is 1380. The highest BCUT2D eigenvalue weighted by molar-refractivity contribution is 9.10. The number of ketones is 1. The molecule has 2 aromatic heterocycles. The molecule has 7 heteroatoms. The van der Waals surface area contributed by atoms with Crippen molar-refractivity contribution in [3.63, 3.8) is 0 Å². The molecule has 33 heavy (non-hydrogen) atoms. The van der Waals surface area contributed by atoms with Crippen molar-refractivity contribution in [3.05, 3.63) is 106 Å². The quantitative estimate of drug-likeness (QED) is 0.229. The predicted molar refractivity (Wildman–Crippen MR) is 129 cm³/mol. The number of nitrogens with one attached hydrogen (secondary N) is 1. The second-order valence-corrected chi connectivity index (χ2v) is 8.78. The van der Waals surface area contributed by atoms with Gasteiger partial charge in [-0.15, -0.1) is 0 Å². The minimum Gasteiger partial charge on any atom is -0.507 e. The van der Waals surface area contributed by atoms with E-state index in [-0.39, 0.29) is 11.3 Å². The van der Waals surface area contributed by atoms with Gasteiger partial charge in [0.05, 0.1) is 11.3 Å². The summed E-state index contributed by atoms with van der Waals surface area (Å²) in [6.07, 6.45) is 4.10. The number of fused-ring (bicyclic) bond motifs is 1. The topological polar surface area (TPSA) is 86.3 Å². The van der Waals surface area contributed by atoms with Crippen LogP contribution in [-0.2, 0) is 16.0 Å². The van der Waals surface area contributed by atoms with Crippen LogP contribution in [0.15, 0.2) is 89.2 Å². The predicted octanol–water partition coefficient (Wildman–Crippen LogP) is 4.99. The lowest BCUT2D eigenvalue weighted by Crippen LogP contribution is -2.32. The zero-order valence-corrected chi connectivity index (χ0v) is 19.1. The molecule has 1 atom stereocenters. The molecule has 164 valence electrons. The van der Waals surface area contributed by atoms with E-state index in [0.29, 0.717) is 24.2 Å². The van der Waals surface area contributed by atoms with Crippen molar-refractivity contribution in [2.75, 3.05) is 6.54 Å². The number of Topliss-reactive ketones (excluding diaryl/α,β-unsaturated/α-hetero) is 1. The molecule has 0 radical (unpaired) electrons. The van der Waals surface area contributed by atoms with Crippen molar-refractivity contribution in [2.24, 2.45) is 0 Å². The lowest BCUT2D eigenvalue weighted by Gasteiger charge is -2.24. The maximum atomic E-state index is 13.1. The molecule has 5 rings (SSSR count). The van der Waals surface area contributed by atoms with Crippen LogP contribution in [0.4, 0.5) is 0 Å². The van der Waals surface area contributed by atoms with E-state index >= 15 is 0 Å². The standard InChI is InChI=1S/C26H20BrN3O3/c27-18-10-8-16(9-11-18)24(31)22-23(21-7-3-4-13-28-21)30(26(33)25(22)32)14-12-17-15-29-20-6-2-1-5-19(17)20/h1-11,13,15,23,29,31H,12,14H2/t23-/m1/s1. The van der Waals surface area contributed by atoms with Gasteiger partial charge < -0.3 is 15.0 Å². The largest absolute Gasteiger partial charge is 0.507 e. The molecule has 0 bridgehead atoms. The lowest BCUT2D eigenvalue weighted by molar-refractivity contribution is -0.139. The number of aliphatic hydroxyl groups is 1. The van der Waals surface area contributed by atoms with Gasteiger partial charge in [-0.2, -0.15) is 0 Å². The number of carbonyl (C=O) groups excluding carboxylic acids is 2. The van der Waals surface area contributed by atoms with E-state index in [1.54, 1.807) is 42.6 Å². The van der Waals surface area contributed by atoms with Crippen molar-refractivity contribution < 1.29 is 14.7 Å². The molecule has 6 nitrogen and oxygen atoms in total. The molecule has 2 N–H and O–H groups in total. The molecule has 0 aliphatic carbocycles. The highest BCUT2D eigenvalue weighted by Crippen LogP contribution is 2.39. The van der Waals surface area contributed by atoms with Gasteiger partial charge in [0.1, 0.15) is 11.8 Å². The Kier molecular flexibility index (Phi) is 5.56. The van der Waals surface area contributed by atoms with E-state index in [1.807, 2.05) is 36.5 Å². The number of carbonyl (C=O) groups is 2. The fourth-order valence-corrected chi connectivity index (χ4v) is 4.56. The fourth-order valence-electron chi connectivity index (χ4n) is 4.30. The number of nitrogens with zero attached hydrogens (tertiary/aromatic N) is 2. The molecule has 2 aromatic carbocycles. The average Bonchev–Trinajstić information content (AvgIpc) is 3.37. The van der Waals surface area contributed by atoms with Crippen LogP contribution in [0.5, 0.6) is 0 Å². The summed E-state index contributed by atoms with van der Waals surface area (Å²) in [6, 6.07) is 19.5. The molecule has 1 saturated heterocycles. The van der Waals surface area contributed by atoms with Crippen LogP contribution in [0.25, 0.3) is 16.7 Å². The summed E-state index contributed by atoms with van der Waals surface area (Å²) in [5.41, 5.74) is 3.13. The van der Waals surface area contributed by atoms with Gasteiger partial charge in [0.25, 0.3) is 11.7 Å². The Labute approximate surface area is 198 Å². The van der Waals surface area contributed by atoms with E-state index in [2.05, 4.69) is 25.9 Å². The number of amides is 1. The van der Waals surface area contributed by atoms with Gasteiger partial charge in [-0.1, -0.05) is 52.3 Å². The number of H-pyrrole nitrogens is 1. The summed E-state index contributed by atoms with van der Waals surface area (Å²) in [5, 5.41) is 12.2. The summed E-state index contributed by atoms with van der Waals surface area (Å²) >= 11 is 3.37. The third kappa shape index (κ3) is 3.85. The first-order chi connectivity index (χ1) is 16.0. The summed E-state index contributed by atoms with van der Waals surface area (Å²) in [4.78, 5) is 35.4. The number of aliphatic hydroxyl groups excluding tert-OH is 1. The Morgan fingerprint density at radius 2 is 1.79 bits per heavy atom.